The van der Waals surface area contributed by atoms with Crippen LogP contribution >= 0.6 is 33.9 Å². The van der Waals surface area contributed by atoms with Crippen LogP contribution in [0, 0.1) is 0 Å². The minimum Gasteiger partial charge on any atom is -0.476 e. The lowest BCUT2D eigenvalue weighted by Gasteiger charge is -2.36. The van der Waals surface area contributed by atoms with Gasteiger partial charge < -0.3 is 15.3 Å². The Balaban J connectivity index is 1.84. The molecule has 0 saturated heterocycles. The first-order valence-electron chi connectivity index (χ1n) is 10.5. The number of hydrogen-bond donors (Lipinski definition) is 2. The highest BCUT2D eigenvalue weighted by Gasteiger charge is 2.37. The highest BCUT2D eigenvalue weighted by Crippen LogP contribution is 2.40. The van der Waals surface area contributed by atoms with E-state index in [1.165, 1.54) is 11.3 Å². The molecule has 1 heterocycles. The van der Waals surface area contributed by atoms with Crippen molar-refractivity contribution in [3.63, 3.8) is 0 Å². The van der Waals surface area contributed by atoms with Gasteiger partial charge in [0, 0.05) is 9.81 Å². The Morgan fingerprint density at radius 3 is 1.88 bits per heavy atom. The summed E-state index contributed by atoms with van der Waals surface area (Å²) < 4.78 is 0.700. The van der Waals surface area contributed by atoms with Crippen LogP contribution in [-0.4, -0.2) is 32.8 Å². The van der Waals surface area contributed by atoms with Crippen molar-refractivity contribution in [2.45, 2.75) is 5.54 Å². The van der Waals surface area contributed by atoms with E-state index in [9.17, 15) is 9.90 Å². The van der Waals surface area contributed by atoms with Crippen LogP contribution in [0.5, 0.6) is 0 Å². The molecule has 3 aromatic carbocycles. The molecule has 4 aromatic rings. The topological polar surface area (TPSA) is 83.8 Å². The standard InChI is InChI=1S/C26H22IN3O3S/c27-16-17-33-30-23(24(31)32)22-18-34-25(28-22)29-26(19-10-4-1-5-11-19,20-12-6-2-7-13-20)21-14-8-3-9-15-21/h1-15,18H,16-17H2,(H,28,29)(H,31,32)/b30-23-. The molecule has 4 rings (SSSR count). The van der Waals surface area contributed by atoms with Crippen LogP contribution < -0.4 is 5.32 Å². The van der Waals surface area contributed by atoms with Crippen molar-refractivity contribution in [2.24, 2.45) is 5.16 Å². The molecule has 0 spiro atoms. The molecule has 0 unspecified atom stereocenters. The highest BCUT2D eigenvalue weighted by atomic mass is 127. The summed E-state index contributed by atoms with van der Waals surface area (Å²) >= 11 is 3.46. The summed E-state index contributed by atoms with van der Waals surface area (Å²) in [5.74, 6) is -1.19. The first-order valence-corrected chi connectivity index (χ1v) is 13.0. The average molecular weight is 583 g/mol. The van der Waals surface area contributed by atoms with Crippen molar-refractivity contribution >= 4 is 50.7 Å². The number of thiazole rings is 1. The van der Waals surface area contributed by atoms with Crippen LogP contribution in [0.15, 0.2) is 102 Å². The Kier molecular flexibility index (Phi) is 7.91. The summed E-state index contributed by atoms with van der Waals surface area (Å²) in [6.45, 7) is 0.325. The van der Waals surface area contributed by atoms with Crippen molar-refractivity contribution < 1.29 is 14.7 Å². The van der Waals surface area contributed by atoms with Crippen molar-refractivity contribution in [2.75, 3.05) is 16.4 Å². The van der Waals surface area contributed by atoms with Crippen LogP contribution in [0.4, 0.5) is 5.13 Å². The van der Waals surface area contributed by atoms with Gasteiger partial charge in [-0.1, -0.05) is 119 Å². The third-order valence-electron chi connectivity index (χ3n) is 5.19. The molecule has 0 fully saturated rings. The lowest BCUT2D eigenvalue weighted by molar-refractivity contribution is -0.129. The van der Waals surface area contributed by atoms with E-state index in [0.717, 1.165) is 16.7 Å². The summed E-state index contributed by atoms with van der Waals surface area (Å²) in [6.07, 6.45) is 0. The Morgan fingerprint density at radius 2 is 1.44 bits per heavy atom. The van der Waals surface area contributed by atoms with Gasteiger partial charge in [-0.3, -0.25) is 0 Å². The molecule has 0 saturated carbocycles. The Labute approximate surface area is 215 Å². The first-order chi connectivity index (χ1) is 16.6. The molecular formula is C26H22IN3O3S. The van der Waals surface area contributed by atoms with Gasteiger partial charge in [0.15, 0.2) is 5.13 Å². The Bertz CT molecular complexity index is 1150. The number of anilines is 1. The largest absolute Gasteiger partial charge is 0.476 e. The van der Waals surface area contributed by atoms with Gasteiger partial charge >= 0.3 is 5.97 Å². The first kappa shape index (κ1) is 23.9. The second-order valence-electron chi connectivity index (χ2n) is 7.28. The molecule has 1 aromatic heterocycles. The molecule has 34 heavy (non-hydrogen) atoms. The molecule has 6 nitrogen and oxygen atoms in total. The van der Waals surface area contributed by atoms with Gasteiger partial charge in [0.2, 0.25) is 5.71 Å². The summed E-state index contributed by atoms with van der Waals surface area (Å²) in [5, 5.41) is 19.3. The molecule has 2 N–H and O–H groups in total. The van der Waals surface area contributed by atoms with Gasteiger partial charge in [-0.15, -0.1) is 11.3 Å². The lowest BCUT2D eigenvalue weighted by atomic mass is 9.77. The van der Waals surface area contributed by atoms with E-state index in [-0.39, 0.29) is 11.4 Å². The number of benzene rings is 3. The van der Waals surface area contributed by atoms with Gasteiger partial charge in [-0.25, -0.2) is 9.78 Å². The highest BCUT2D eigenvalue weighted by molar-refractivity contribution is 14.1. The Hall–Kier alpha value is -3.24. The fourth-order valence-corrected chi connectivity index (χ4v) is 4.67. The molecule has 0 aliphatic rings. The van der Waals surface area contributed by atoms with E-state index in [1.54, 1.807) is 5.38 Å². The van der Waals surface area contributed by atoms with E-state index >= 15 is 0 Å². The Morgan fingerprint density at radius 1 is 0.941 bits per heavy atom. The van der Waals surface area contributed by atoms with Gasteiger partial charge in [0.1, 0.15) is 17.8 Å². The molecule has 0 bridgehead atoms. The van der Waals surface area contributed by atoms with Crippen LogP contribution in [-0.2, 0) is 15.2 Å². The summed E-state index contributed by atoms with van der Waals surface area (Å²) in [4.78, 5) is 21.5. The normalized spacial score (nSPS) is 11.7. The van der Waals surface area contributed by atoms with Crippen molar-refractivity contribution in [1.82, 2.24) is 4.98 Å². The number of carboxylic acids is 1. The molecule has 8 heteroatoms. The predicted octanol–water partition coefficient (Wildman–Crippen LogP) is 5.79. The maximum atomic E-state index is 11.8. The minimum absolute atomic E-state index is 0.223. The number of halogens is 1. The maximum absolute atomic E-state index is 11.8. The quantitative estimate of drug-likeness (QED) is 0.0617. The van der Waals surface area contributed by atoms with Crippen LogP contribution in [0.1, 0.15) is 22.4 Å². The third kappa shape index (κ3) is 5.13. The summed E-state index contributed by atoms with van der Waals surface area (Å²) in [7, 11) is 0. The molecule has 0 radical (unpaired) electrons. The number of alkyl halides is 1. The minimum atomic E-state index is -1.19. The molecule has 0 aliphatic heterocycles. The molecule has 172 valence electrons. The monoisotopic (exact) mass is 583 g/mol. The van der Waals surface area contributed by atoms with Crippen molar-refractivity contribution in [3.05, 3.63) is 119 Å². The molecule has 0 aliphatic carbocycles. The van der Waals surface area contributed by atoms with Crippen molar-refractivity contribution in [3.8, 4) is 0 Å². The zero-order valence-corrected chi connectivity index (χ0v) is 21.1. The van der Waals surface area contributed by atoms with E-state index in [0.29, 0.717) is 16.2 Å². The second kappa shape index (κ2) is 11.3. The smallest absolute Gasteiger partial charge is 0.360 e. The van der Waals surface area contributed by atoms with Crippen LogP contribution in [0.2, 0.25) is 0 Å². The summed E-state index contributed by atoms with van der Waals surface area (Å²) in [5.41, 5.74) is 2.36. The number of carboxylic acid groups (broad SMARTS) is 1. The van der Waals surface area contributed by atoms with Gasteiger partial charge in [-0.05, 0) is 16.7 Å². The molecule has 0 amide bonds. The van der Waals surface area contributed by atoms with E-state index in [2.05, 4.69) is 74.4 Å². The van der Waals surface area contributed by atoms with E-state index in [4.69, 9.17) is 4.84 Å². The van der Waals surface area contributed by atoms with Crippen molar-refractivity contribution in [1.29, 1.82) is 0 Å². The number of carbonyl (C=O) groups is 1. The fourth-order valence-electron chi connectivity index (χ4n) is 3.72. The summed E-state index contributed by atoms with van der Waals surface area (Å²) in [6, 6.07) is 30.4. The van der Waals surface area contributed by atoms with Gasteiger partial charge in [-0.2, -0.15) is 0 Å². The number of rotatable bonds is 10. The molecular weight excluding hydrogens is 561 g/mol. The second-order valence-corrected chi connectivity index (χ2v) is 9.22. The van der Waals surface area contributed by atoms with E-state index < -0.39 is 11.5 Å². The van der Waals surface area contributed by atoms with Crippen LogP contribution in [0.25, 0.3) is 0 Å². The van der Waals surface area contributed by atoms with Gasteiger partial charge in [0.05, 0.1) is 0 Å². The number of oxime groups is 1. The zero-order valence-electron chi connectivity index (χ0n) is 18.1. The lowest BCUT2D eigenvalue weighted by Crippen LogP contribution is -2.38. The maximum Gasteiger partial charge on any atom is 0.360 e. The number of aromatic nitrogens is 1. The number of hydrogen-bond acceptors (Lipinski definition) is 6. The third-order valence-corrected chi connectivity index (χ3v) is 6.39. The van der Waals surface area contributed by atoms with E-state index in [1.807, 2.05) is 54.6 Å². The number of nitrogens with one attached hydrogen (secondary N) is 1. The fraction of sp³-hybridized carbons (Fsp3) is 0.115. The number of nitrogens with zero attached hydrogens (tertiary/aromatic N) is 2. The van der Waals surface area contributed by atoms with Crippen LogP contribution in [0.3, 0.4) is 0 Å². The SMILES string of the molecule is O=C(O)/C(=N\OCCI)c1csc(NC(c2ccccc2)(c2ccccc2)c2ccccc2)n1. The number of aliphatic carboxylic acids is 1. The van der Waals surface area contributed by atoms with Gasteiger partial charge in [0.25, 0.3) is 0 Å². The average Bonchev–Trinajstić information content (AvgIpc) is 3.34. The predicted molar refractivity (Wildman–Crippen MR) is 144 cm³/mol. The zero-order chi connectivity index (χ0) is 23.8. The molecule has 0 atom stereocenters.